The highest BCUT2D eigenvalue weighted by Crippen LogP contribution is 2.29. The lowest BCUT2D eigenvalue weighted by atomic mass is 10.2. The fourth-order valence-electron chi connectivity index (χ4n) is 2.36. The number of rotatable bonds is 8. The van der Waals surface area contributed by atoms with Gasteiger partial charge in [-0.3, -0.25) is 4.79 Å². The summed E-state index contributed by atoms with van der Waals surface area (Å²) in [5.74, 6) is -0.287. The molecule has 0 aliphatic carbocycles. The predicted octanol–water partition coefficient (Wildman–Crippen LogP) is 2.48. The first-order valence-corrected chi connectivity index (χ1v) is 9.48. The second kappa shape index (κ2) is 9.09. The number of aromatic nitrogens is 4. The monoisotopic (exact) mass is 401 g/mol. The number of tetrazole rings is 1. The summed E-state index contributed by atoms with van der Waals surface area (Å²) in [6.45, 7) is 3.80. The number of nitrogens with zero attached hydrogens (tertiary/aromatic N) is 4. The topological polar surface area (TPSA) is 108 Å². The van der Waals surface area contributed by atoms with Crippen LogP contribution in [-0.2, 0) is 16.0 Å². The third kappa shape index (κ3) is 4.71. The van der Waals surface area contributed by atoms with Gasteiger partial charge in [0.2, 0.25) is 0 Å². The van der Waals surface area contributed by atoms with Crippen LogP contribution >= 0.6 is 11.3 Å². The van der Waals surface area contributed by atoms with Gasteiger partial charge in [0.25, 0.3) is 5.91 Å². The van der Waals surface area contributed by atoms with Crippen molar-refractivity contribution in [2.75, 3.05) is 18.5 Å². The van der Waals surface area contributed by atoms with Crippen LogP contribution in [0.5, 0.6) is 5.75 Å². The Bertz CT molecular complexity index is 938. The molecule has 3 rings (SSSR count). The summed E-state index contributed by atoms with van der Waals surface area (Å²) in [4.78, 5) is 25.3. The van der Waals surface area contributed by atoms with Gasteiger partial charge < -0.3 is 14.8 Å². The van der Waals surface area contributed by atoms with Gasteiger partial charge in [0.1, 0.15) is 17.1 Å². The Balaban J connectivity index is 1.60. The predicted molar refractivity (Wildman–Crippen MR) is 103 cm³/mol. The maximum atomic E-state index is 12.3. The van der Waals surface area contributed by atoms with Crippen LogP contribution in [-0.4, -0.2) is 45.3 Å². The lowest BCUT2D eigenvalue weighted by molar-refractivity contribution is -0.118. The number of amides is 1. The smallest absolute Gasteiger partial charge is 0.341 e. The van der Waals surface area contributed by atoms with Gasteiger partial charge in [-0.15, -0.1) is 16.4 Å². The third-order valence-corrected chi connectivity index (χ3v) is 4.89. The zero-order valence-electron chi connectivity index (χ0n) is 15.4. The van der Waals surface area contributed by atoms with Crippen molar-refractivity contribution in [1.82, 2.24) is 20.2 Å². The molecule has 2 heterocycles. The fraction of sp³-hybridized carbons (Fsp3) is 0.278. The van der Waals surface area contributed by atoms with E-state index in [0.29, 0.717) is 16.3 Å². The van der Waals surface area contributed by atoms with Crippen molar-refractivity contribution in [1.29, 1.82) is 0 Å². The first-order valence-electron chi connectivity index (χ1n) is 8.66. The summed E-state index contributed by atoms with van der Waals surface area (Å²) in [6.07, 6.45) is 2.24. The van der Waals surface area contributed by atoms with Gasteiger partial charge >= 0.3 is 5.97 Å². The number of ether oxygens (including phenoxy) is 2. The number of carbonyl (C=O) groups excluding carboxylic acids is 2. The van der Waals surface area contributed by atoms with Crippen molar-refractivity contribution in [2.24, 2.45) is 0 Å². The van der Waals surface area contributed by atoms with Gasteiger partial charge in [-0.2, -0.15) is 0 Å². The van der Waals surface area contributed by atoms with Crippen LogP contribution in [0.25, 0.3) is 5.69 Å². The van der Waals surface area contributed by atoms with Gasteiger partial charge in [-0.1, -0.05) is 6.92 Å². The lowest BCUT2D eigenvalue weighted by Crippen LogP contribution is -2.21. The minimum absolute atomic E-state index is 0.189. The molecule has 146 valence electrons. The second-order valence-corrected chi connectivity index (χ2v) is 6.75. The number of hydrogen-bond donors (Lipinski definition) is 1. The first kappa shape index (κ1) is 19.5. The molecule has 28 heavy (non-hydrogen) atoms. The zero-order valence-corrected chi connectivity index (χ0v) is 16.2. The molecule has 0 saturated heterocycles. The average Bonchev–Trinajstić information content (AvgIpc) is 3.37. The zero-order chi connectivity index (χ0) is 19.9. The number of aryl methyl sites for hydroxylation is 1. The highest BCUT2D eigenvalue weighted by molar-refractivity contribution is 7.16. The van der Waals surface area contributed by atoms with Crippen LogP contribution in [0, 0.1) is 0 Å². The van der Waals surface area contributed by atoms with Crippen molar-refractivity contribution in [2.45, 2.75) is 20.3 Å². The highest BCUT2D eigenvalue weighted by atomic mass is 32.1. The van der Waals surface area contributed by atoms with Crippen molar-refractivity contribution < 1.29 is 19.1 Å². The molecule has 0 bridgehead atoms. The van der Waals surface area contributed by atoms with E-state index < -0.39 is 5.97 Å². The highest BCUT2D eigenvalue weighted by Gasteiger charge is 2.18. The molecule has 1 N–H and O–H groups in total. The van der Waals surface area contributed by atoms with Crippen molar-refractivity contribution in [3.63, 3.8) is 0 Å². The van der Waals surface area contributed by atoms with Crippen LogP contribution in [0.15, 0.2) is 36.7 Å². The van der Waals surface area contributed by atoms with E-state index in [0.717, 1.165) is 17.0 Å². The van der Waals surface area contributed by atoms with E-state index in [1.165, 1.54) is 22.3 Å². The largest absolute Gasteiger partial charge is 0.484 e. The SMILES string of the molecule is CCOC(=O)c1cc(CC)sc1NC(=O)COc1ccc(-n2cnnn2)cc1. The molecule has 0 atom stereocenters. The molecule has 0 aliphatic rings. The second-order valence-electron chi connectivity index (χ2n) is 5.61. The molecular formula is C18H19N5O4S. The number of benzene rings is 1. The Morgan fingerprint density at radius 1 is 1.21 bits per heavy atom. The van der Waals surface area contributed by atoms with Gasteiger partial charge in [-0.05, 0) is 54.1 Å². The van der Waals surface area contributed by atoms with Gasteiger partial charge in [-0.25, -0.2) is 9.48 Å². The molecular weight excluding hydrogens is 382 g/mol. The van der Waals surface area contributed by atoms with Crippen LogP contribution in [0.2, 0.25) is 0 Å². The van der Waals surface area contributed by atoms with E-state index in [2.05, 4.69) is 20.8 Å². The van der Waals surface area contributed by atoms with Crippen LogP contribution in [0.1, 0.15) is 29.1 Å². The van der Waals surface area contributed by atoms with E-state index in [1.807, 2.05) is 6.92 Å². The molecule has 1 aromatic carbocycles. The molecule has 10 heteroatoms. The summed E-state index contributed by atoms with van der Waals surface area (Å²) in [7, 11) is 0. The Labute approximate surface area is 165 Å². The number of nitrogens with one attached hydrogen (secondary N) is 1. The summed E-state index contributed by atoms with van der Waals surface area (Å²) in [5, 5.41) is 14.1. The molecule has 0 radical (unpaired) electrons. The van der Waals surface area contributed by atoms with Crippen molar-refractivity contribution in [3.8, 4) is 11.4 Å². The molecule has 2 aromatic heterocycles. The van der Waals surface area contributed by atoms with Gasteiger partial charge in [0.15, 0.2) is 6.61 Å². The Morgan fingerprint density at radius 2 is 2.00 bits per heavy atom. The molecule has 1 amide bonds. The van der Waals surface area contributed by atoms with E-state index in [-0.39, 0.29) is 19.1 Å². The number of esters is 1. The summed E-state index contributed by atoms with van der Waals surface area (Å²) < 4.78 is 12.1. The van der Waals surface area contributed by atoms with E-state index >= 15 is 0 Å². The standard InChI is InChI=1S/C18H19N5O4S/c1-3-14-9-15(18(25)26-4-2)17(28-14)20-16(24)10-27-13-7-5-12(6-8-13)23-11-19-21-22-23/h5-9,11H,3-4,10H2,1-2H3,(H,20,24). The third-order valence-electron chi connectivity index (χ3n) is 3.70. The quantitative estimate of drug-likeness (QED) is 0.578. The lowest BCUT2D eigenvalue weighted by Gasteiger charge is -2.08. The van der Waals surface area contributed by atoms with E-state index in [4.69, 9.17) is 9.47 Å². The summed E-state index contributed by atoms with van der Waals surface area (Å²) >= 11 is 1.35. The molecule has 0 saturated carbocycles. The minimum Gasteiger partial charge on any atom is -0.484 e. The molecule has 9 nitrogen and oxygen atoms in total. The van der Waals surface area contributed by atoms with Gasteiger partial charge in [0, 0.05) is 4.88 Å². The fourth-order valence-corrected chi connectivity index (χ4v) is 3.36. The molecule has 3 aromatic rings. The maximum Gasteiger partial charge on any atom is 0.341 e. The number of anilines is 1. The van der Waals surface area contributed by atoms with E-state index in [1.54, 1.807) is 37.3 Å². The van der Waals surface area contributed by atoms with Gasteiger partial charge in [0.05, 0.1) is 17.9 Å². The van der Waals surface area contributed by atoms with Crippen LogP contribution < -0.4 is 10.1 Å². The minimum atomic E-state index is -0.451. The average molecular weight is 401 g/mol. The molecule has 0 spiro atoms. The summed E-state index contributed by atoms with van der Waals surface area (Å²) in [6, 6.07) is 8.73. The Hall–Kier alpha value is -3.27. The molecule has 0 fully saturated rings. The molecule has 0 aliphatic heterocycles. The first-order chi connectivity index (χ1) is 13.6. The normalized spacial score (nSPS) is 10.5. The Morgan fingerprint density at radius 3 is 2.64 bits per heavy atom. The molecule has 0 unspecified atom stereocenters. The number of carbonyl (C=O) groups is 2. The van der Waals surface area contributed by atoms with Crippen molar-refractivity contribution >= 4 is 28.2 Å². The number of thiophene rings is 1. The number of hydrogen-bond acceptors (Lipinski definition) is 8. The van der Waals surface area contributed by atoms with E-state index in [9.17, 15) is 9.59 Å². The Kier molecular flexibility index (Phi) is 6.33. The van der Waals surface area contributed by atoms with Crippen LogP contribution in [0.3, 0.4) is 0 Å². The van der Waals surface area contributed by atoms with Crippen LogP contribution in [0.4, 0.5) is 5.00 Å². The van der Waals surface area contributed by atoms with Crippen molar-refractivity contribution in [3.05, 3.63) is 47.1 Å². The maximum absolute atomic E-state index is 12.3. The summed E-state index contributed by atoms with van der Waals surface area (Å²) in [5.41, 5.74) is 1.13.